The predicted molar refractivity (Wildman–Crippen MR) is 81.8 cm³/mol. The summed E-state index contributed by atoms with van der Waals surface area (Å²) in [4.78, 5) is 8.71. The normalized spacial score (nSPS) is 10.5. The predicted octanol–water partition coefficient (Wildman–Crippen LogP) is 2.97. The van der Waals surface area contributed by atoms with Crippen LogP contribution < -0.4 is 16.6 Å². The summed E-state index contributed by atoms with van der Waals surface area (Å²) in [5, 5.41) is 4.27. The van der Waals surface area contributed by atoms with Crippen LogP contribution in [-0.4, -0.2) is 9.97 Å². The van der Waals surface area contributed by atoms with Crippen LogP contribution in [0.2, 0.25) is 0 Å². The second-order valence-corrected chi connectivity index (χ2v) is 4.55. The van der Waals surface area contributed by atoms with Crippen LogP contribution in [-0.2, 0) is 0 Å². The minimum Gasteiger partial charge on any atom is -0.340 e. The first-order chi connectivity index (χ1) is 9.76. The maximum absolute atomic E-state index is 5.42. The van der Waals surface area contributed by atoms with E-state index in [4.69, 9.17) is 5.84 Å². The van der Waals surface area contributed by atoms with E-state index in [1.165, 1.54) is 5.56 Å². The van der Waals surface area contributed by atoms with Crippen LogP contribution in [0.1, 0.15) is 5.56 Å². The first-order valence-corrected chi connectivity index (χ1v) is 6.33. The van der Waals surface area contributed by atoms with Gasteiger partial charge in [0.15, 0.2) is 0 Å². The number of nitrogens with zero attached hydrogens (tertiary/aromatic N) is 2. The summed E-state index contributed by atoms with van der Waals surface area (Å²) in [7, 11) is 0. The molecule has 2 aromatic carbocycles. The Labute approximate surface area is 116 Å². The number of nitrogen functional groups attached to an aromatic ring is 1. The first kappa shape index (κ1) is 12.4. The summed E-state index contributed by atoms with van der Waals surface area (Å²) in [6.45, 7) is 2.05. The molecule has 0 saturated heterocycles. The van der Waals surface area contributed by atoms with Gasteiger partial charge in [0.25, 0.3) is 0 Å². The number of para-hydroxylation sites is 1. The number of hydrogen-bond acceptors (Lipinski definition) is 5. The molecule has 0 radical (unpaired) electrons. The van der Waals surface area contributed by atoms with Crippen molar-refractivity contribution >= 4 is 28.4 Å². The van der Waals surface area contributed by atoms with Crippen molar-refractivity contribution < 1.29 is 0 Å². The van der Waals surface area contributed by atoms with Gasteiger partial charge in [-0.15, -0.1) is 0 Å². The molecule has 0 spiro atoms. The molecule has 3 aromatic rings. The average Bonchev–Trinajstić information content (AvgIpc) is 2.47. The number of hydrazine groups is 1. The number of aryl methyl sites for hydroxylation is 1. The summed E-state index contributed by atoms with van der Waals surface area (Å²) >= 11 is 0. The fourth-order valence-corrected chi connectivity index (χ4v) is 2.10. The average molecular weight is 265 g/mol. The maximum atomic E-state index is 5.42. The third kappa shape index (κ3) is 2.39. The highest BCUT2D eigenvalue weighted by Gasteiger charge is 2.07. The van der Waals surface area contributed by atoms with Gasteiger partial charge in [0, 0.05) is 11.1 Å². The van der Waals surface area contributed by atoms with Crippen LogP contribution in [0.25, 0.3) is 10.9 Å². The number of fused-ring (bicyclic) bond motifs is 1. The van der Waals surface area contributed by atoms with E-state index in [2.05, 4.69) is 39.8 Å². The lowest BCUT2D eigenvalue weighted by molar-refractivity contribution is 1.15. The zero-order valence-corrected chi connectivity index (χ0v) is 11.1. The number of hydrogen-bond donors (Lipinski definition) is 3. The highest BCUT2D eigenvalue weighted by atomic mass is 15.3. The fraction of sp³-hybridized carbons (Fsp3) is 0.0667. The molecule has 20 heavy (non-hydrogen) atoms. The molecule has 3 rings (SSSR count). The van der Waals surface area contributed by atoms with Crippen LogP contribution >= 0.6 is 0 Å². The Hall–Kier alpha value is -2.66. The Balaban J connectivity index is 2.10. The Morgan fingerprint density at radius 2 is 1.85 bits per heavy atom. The van der Waals surface area contributed by atoms with E-state index in [1.807, 2.05) is 36.4 Å². The Morgan fingerprint density at radius 3 is 2.65 bits per heavy atom. The molecule has 5 heteroatoms. The lowest BCUT2D eigenvalue weighted by Gasteiger charge is -2.10. The van der Waals surface area contributed by atoms with Crippen molar-refractivity contribution in [2.24, 2.45) is 5.84 Å². The smallest absolute Gasteiger partial charge is 0.239 e. The topological polar surface area (TPSA) is 75.9 Å². The van der Waals surface area contributed by atoms with E-state index in [1.54, 1.807) is 0 Å². The minimum atomic E-state index is 0.388. The fourth-order valence-electron chi connectivity index (χ4n) is 2.10. The van der Waals surface area contributed by atoms with E-state index in [9.17, 15) is 0 Å². The summed E-state index contributed by atoms with van der Waals surface area (Å²) in [5.41, 5.74) is 5.50. The number of rotatable bonds is 3. The number of aromatic nitrogens is 2. The van der Waals surface area contributed by atoms with E-state index in [-0.39, 0.29) is 0 Å². The van der Waals surface area contributed by atoms with Gasteiger partial charge in [0.2, 0.25) is 5.95 Å². The minimum absolute atomic E-state index is 0.388. The van der Waals surface area contributed by atoms with Gasteiger partial charge in [-0.3, -0.25) is 5.43 Å². The van der Waals surface area contributed by atoms with Gasteiger partial charge in [0.05, 0.1) is 5.52 Å². The van der Waals surface area contributed by atoms with Crippen molar-refractivity contribution in [1.29, 1.82) is 0 Å². The van der Waals surface area contributed by atoms with E-state index in [0.717, 1.165) is 22.4 Å². The highest BCUT2D eigenvalue weighted by Crippen LogP contribution is 2.25. The third-order valence-corrected chi connectivity index (χ3v) is 3.01. The second-order valence-electron chi connectivity index (χ2n) is 4.55. The quantitative estimate of drug-likeness (QED) is 0.501. The Bertz CT molecular complexity index is 754. The third-order valence-electron chi connectivity index (χ3n) is 3.01. The summed E-state index contributed by atoms with van der Waals surface area (Å²) < 4.78 is 0. The molecule has 0 amide bonds. The maximum Gasteiger partial charge on any atom is 0.239 e. The molecule has 0 unspecified atom stereocenters. The molecule has 5 nitrogen and oxygen atoms in total. The SMILES string of the molecule is Cc1cccc(Nc2nc(NN)nc3ccccc23)c1. The van der Waals surface area contributed by atoms with Crippen molar-refractivity contribution in [2.45, 2.75) is 6.92 Å². The van der Waals surface area contributed by atoms with Gasteiger partial charge in [-0.05, 0) is 36.8 Å². The standard InChI is InChI=1S/C15H15N5/c1-10-5-4-6-11(9-10)17-14-12-7-2-3-8-13(12)18-15(19-14)20-16/h2-9H,16H2,1H3,(H2,17,18,19,20). The largest absolute Gasteiger partial charge is 0.340 e. The Morgan fingerprint density at radius 1 is 1.00 bits per heavy atom. The summed E-state index contributed by atoms with van der Waals surface area (Å²) in [6, 6.07) is 15.9. The summed E-state index contributed by atoms with van der Waals surface area (Å²) in [6.07, 6.45) is 0. The molecule has 1 heterocycles. The second kappa shape index (κ2) is 5.14. The summed E-state index contributed by atoms with van der Waals surface area (Å²) in [5.74, 6) is 6.54. The number of anilines is 3. The van der Waals surface area contributed by atoms with Crippen LogP contribution in [0.3, 0.4) is 0 Å². The van der Waals surface area contributed by atoms with Crippen molar-refractivity contribution in [3.05, 3.63) is 54.1 Å². The van der Waals surface area contributed by atoms with Gasteiger partial charge in [0.1, 0.15) is 5.82 Å². The van der Waals surface area contributed by atoms with E-state index >= 15 is 0 Å². The van der Waals surface area contributed by atoms with Crippen molar-refractivity contribution in [1.82, 2.24) is 9.97 Å². The Kier molecular flexibility index (Phi) is 3.18. The van der Waals surface area contributed by atoms with Crippen molar-refractivity contribution in [2.75, 3.05) is 10.7 Å². The monoisotopic (exact) mass is 265 g/mol. The van der Waals surface area contributed by atoms with Crippen molar-refractivity contribution in [3.63, 3.8) is 0 Å². The molecule has 0 saturated carbocycles. The molecule has 0 aliphatic heterocycles. The van der Waals surface area contributed by atoms with E-state index in [0.29, 0.717) is 5.95 Å². The lowest BCUT2D eigenvalue weighted by atomic mass is 10.2. The van der Waals surface area contributed by atoms with E-state index < -0.39 is 0 Å². The molecule has 4 N–H and O–H groups in total. The molecule has 0 aliphatic carbocycles. The van der Waals surface area contributed by atoms with Gasteiger partial charge < -0.3 is 5.32 Å². The number of nitrogens with two attached hydrogens (primary N) is 1. The zero-order valence-electron chi connectivity index (χ0n) is 11.1. The molecule has 100 valence electrons. The van der Waals surface area contributed by atoms with Gasteiger partial charge in [-0.2, -0.15) is 4.98 Å². The molecule has 0 atom stereocenters. The molecular formula is C15H15N5. The highest BCUT2D eigenvalue weighted by molar-refractivity contribution is 5.91. The van der Waals surface area contributed by atoms with Gasteiger partial charge in [-0.25, -0.2) is 10.8 Å². The molecular weight excluding hydrogens is 250 g/mol. The molecule has 1 aromatic heterocycles. The van der Waals surface area contributed by atoms with Crippen LogP contribution in [0.5, 0.6) is 0 Å². The van der Waals surface area contributed by atoms with Crippen molar-refractivity contribution in [3.8, 4) is 0 Å². The van der Waals surface area contributed by atoms with Gasteiger partial charge in [-0.1, -0.05) is 24.3 Å². The molecule has 0 bridgehead atoms. The van der Waals surface area contributed by atoms with Gasteiger partial charge >= 0.3 is 0 Å². The zero-order chi connectivity index (χ0) is 13.9. The molecule has 0 aliphatic rings. The first-order valence-electron chi connectivity index (χ1n) is 6.33. The lowest BCUT2D eigenvalue weighted by Crippen LogP contribution is -2.11. The van der Waals surface area contributed by atoms with Crippen LogP contribution in [0, 0.1) is 6.92 Å². The van der Waals surface area contributed by atoms with Crippen LogP contribution in [0.4, 0.5) is 17.5 Å². The number of benzene rings is 2. The number of nitrogens with one attached hydrogen (secondary N) is 2. The van der Waals surface area contributed by atoms with Crippen LogP contribution in [0.15, 0.2) is 48.5 Å². The molecule has 0 fully saturated rings.